The summed E-state index contributed by atoms with van der Waals surface area (Å²) in [4.78, 5) is 24.8. The molecule has 0 aliphatic heterocycles. The third-order valence-corrected chi connectivity index (χ3v) is 5.78. The highest BCUT2D eigenvalue weighted by molar-refractivity contribution is 5.81. The maximum Gasteiger partial charge on any atom is 0.408 e. The summed E-state index contributed by atoms with van der Waals surface area (Å²) in [6.45, 7) is 5.32. The fraction of sp³-hybridized carbons (Fsp3) is 0.462. The van der Waals surface area contributed by atoms with Gasteiger partial charge in [-0.05, 0) is 62.4 Å². The summed E-state index contributed by atoms with van der Waals surface area (Å²) in [7, 11) is 4.63. The average molecular weight is 456 g/mol. The molecule has 0 fully saturated rings. The van der Waals surface area contributed by atoms with Crippen molar-refractivity contribution >= 4 is 12.1 Å². The number of carbonyl (C=O) groups is 2. The van der Waals surface area contributed by atoms with Gasteiger partial charge in [-0.1, -0.05) is 24.3 Å². The Labute approximate surface area is 195 Å². The van der Waals surface area contributed by atoms with Crippen molar-refractivity contribution in [2.24, 2.45) is 0 Å². The number of fused-ring (bicyclic) bond motifs is 1. The summed E-state index contributed by atoms with van der Waals surface area (Å²) in [5.74, 6) is 1.18. The molecular weight excluding hydrogens is 422 g/mol. The number of nitrogens with one attached hydrogen (secondary N) is 1. The first-order valence-electron chi connectivity index (χ1n) is 11.1. The minimum Gasteiger partial charge on any atom is -0.496 e. The van der Waals surface area contributed by atoms with Gasteiger partial charge >= 0.3 is 12.1 Å². The van der Waals surface area contributed by atoms with E-state index in [4.69, 9.17) is 18.9 Å². The lowest BCUT2D eigenvalue weighted by Gasteiger charge is -2.23. The summed E-state index contributed by atoms with van der Waals surface area (Å²) >= 11 is 0. The van der Waals surface area contributed by atoms with Gasteiger partial charge in [-0.15, -0.1) is 0 Å². The van der Waals surface area contributed by atoms with Gasteiger partial charge < -0.3 is 24.3 Å². The minimum atomic E-state index is -0.851. The largest absolute Gasteiger partial charge is 0.496 e. The van der Waals surface area contributed by atoms with E-state index in [9.17, 15) is 9.59 Å². The maximum absolute atomic E-state index is 12.4. The van der Waals surface area contributed by atoms with E-state index < -0.39 is 23.7 Å². The number of rotatable bonds is 7. The number of alkyl carbamates (subject to hydrolysis) is 1. The molecule has 1 amide bonds. The van der Waals surface area contributed by atoms with E-state index in [1.165, 1.54) is 18.2 Å². The Morgan fingerprint density at radius 1 is 1.03 bits per heavy atom. The van der Waals surface area contributed by atoms with Crippen molar-refractivity contribution in [1.29, 1.82) is 0 Å². The molecule has 1 unspecified atom stereocenters. The second-order valence-corrected chi connectivity index (χ2v) is 9.08. The van der Waals surface area contributed by atoms with Gasteiger partial charge in [0.2, 0.25) is 0 Å². The Morgan fingerprint density at radius 2 is 1.67 bits per heavy atom. The lowest BCUT2D eigenvalue weighted by Crippen LogP contribution is -2.45. The Morgan fingerprint density at radius 3 is 2.24 bits per heavy atom. The highest BCUT2D eigenvalue weighted by Crippen LogP contribution is 2.46. The average Bonchev–Trinajstić information content (AvgIpc) is 3.20. The molecule has 7 heteroatoms. The van der Waals surface area contributed by atoms with Crippen molar-refractivity contribution in [3.8, 4) is 11.5 Å². The molecule has 0 spiro atoms. The number of amides is 1. The van der Waals surface area contributed by atoms with E-state index in [-0.39, 0.29) is 5.92 Å². The number of carbonyl (C=O) groups excluding carboxylic acids is 2. The number of methoxy groups -OCH3 is 3. The summed E-state index contributed by atoms with van der Waals surface area (Å²) in [5.41, 5.74) is 3.71. The third kappa shape index (κ3) is 5.59. The Bertz CT molecular complexity index is 988. The Balaban J connectivity index is 1.91. The van der Waals surface area contributed by atoms with E-state index in [1.807, 2.05) is 30.3 Å². The van der Waals surface area contributed by atoms with Crippen LogP contribution in [0.4, 0.5) is 4.79 Å². The number of esters is 1. The highest BCUT2D eigenvalue weighted by atomic mass is 16.6. The van der Waals surface area contributed by atoms with Gasteiger partial charge in [0.25, 0.3) is 0 Å². The maximum atomic E-state index is 12.4. The molecule has 178 valence electrons. The van der Waals surface area contributed by atoms with Crippen molar-refractivity contribution in [2.75, 3.05) is 21.3 Å². The topological polar surface area (TPSA) is 83.1 Å². The van der Waals surface area contributed by atoms with Crippen LogP contribution >= 0.6 is 0 Å². The minimum absolute atomic E-state index is 0.112. The van der Waals surface area contributed by atoms with Crippen LogP contribution in [0.3, 0.4) is 0 Å². The van der Waals surface area contributed by atoms with E-state index in [1.54, 1.807) is 35.0 Å². The van der Waals surface area contributed by atoms with Crippen LogP contribution in [0, 0.1) is 0 Å². The Kier molecular flexibility index (Phi) is 7.51. The molecule has 0 heterocycles. The number of benzene rings is 2. The molecule has 0 saturated carbocycles. The molecule has 1 aliphatic rings. The lowest BCUT2D eigenvalue weighted by molar-refractivity contribution is -0.143. The molecule has 0 saturated heterocycles. The SMILES string of the molecule is COC(=O)[C@H](Cc1cccc2c1CCC2c1c(OC)cccc1OC)NC(=O)OC(C)(C)C. The predicted octanol–water partition coefficient (Wildman–Crippen LogP) is 4.39. The van der Waals surface area contributed by atoms with Gasteiger partial charge in [-0.25, -0.2) is 9.59 Å². The fourth-order valence-corrected chi connectivity index (χ4v) is 4.45. The molecule has 3 rings (SSSR count). The summed E-state index contributed by atoms with van der Waals surface area (Å²) in [6.07, 6.45) is 1.40. The zero-order valence-electron chi connectivity index (χ0n) is 20.2. The quantitative estimate of drug-likeness (QED) is 0.624. The molecule has 1 N–H and O–H groups in total. The van der Waals surface area contributed by atoms with Gasteiger partial charge in [0.15, 0.2) is 0 Å². The molecule has 0 aromatic heterocycles. The van der Waals surface area contributed by atoms with Crippen molar-refractivity contribution in [3.05, 3.63) is 58.7 Å². The fourth-order valence-electron chi connectivity index (χ4n) is 4.45. The van der Waals surface area contributed by atoms with Crippen molar-refractivity contribution in [2.45, 2.75) is 57.6 Å². The van der Waals surface area contributed by atoms with Crippen LogP contribution in [-0.4, -0.2) is 45.0 Å². The first-order valence-corrected chi connectivity index (χ1v) is 11.1. The summed E-state index contributed by atoms with van der Waals surface area (Å²) in [6, 6.07) is 11.0. The number of hydrogen-bond donors (Lipinski definition) is 1. The van der Waals surface area contributed by atoms with E-state index in [2.05, 4.69) is 11.4 Å². The van der Waals surface area contributed by atoms with Crippen molar-refractivity contribution in [1.82, 2.24) is 5.32 Å². The van der Waals surface area contributed by atoms with Crippen molar-refractivity contribution < 1.29 is 28.5 Å². The second kappa shape index (κ2) is 10.1. The highest BCUT2D eigenvalue weighted by Gasteiger charge is 2.32. The van der Waals surface area contributed by atoms with Gasteiger partial charge in [0, 0.05) is 17.9 Å². The lowest BCUT2D eigenvalue weighted by atomic mass is 9.89. The van der Waals surface area contributed by atoms with Gasteiger partial charge in [0.05, 0.1) is 21.3 Å². The third-order valence-electron chi connectivity index (χ3n) is 5.78. The van der Waals surface area contributed by atoms with Crippen LogP contribution in [0.1, 0.15) is 55.4 Å². The molecule has 7 nitrogen and oxygen atoms in total. The molecule has 33 heavy (non-hydrogen) atoms. The Hall–Kier alpha value is -3.22. The number of hydrogen-bond acceptors (Lipinski definition) is 6. The molecule has 2 aromatic carbocycles. The monoisotopic (exact) mass is 455 g/mol. The summed E-state index contributed by atoms with van der Waals surface area (Å²) in [5, 5.41) is 2.67. The van der Waals surface area contributed by atoms with E-state index in [0.717, 1.165) is 35.5 Å². The van der Waals surface area contributed by atoms with Crippen LogP contribution in [-0.2, 0) is 27.1 Å². The van der Waals surface area contributed by atoms with Gasteiger partial charge in [0.1, 0.15) is 23.1 Å². The molecule has 2 atom stereocenters. The van der Waals surface area contributed by atoms with Crippen LogP contribution in [0.5, 0.6) is 11.5 Å². The first kappa shape index (κ1) is 24.4. The standard InChI is InChI=1S/C26H33NO6/c1-26(2,3)33-25(29)27-20(24(28)32-6)15-16-9-7-10-18-17(16)13-14-19(18)23-21(30-4)11-8-12-22(23)31-5/h7-12,19-20H,13-15H2,1-6H3,(H,27,29)/t19?,20-/m0/s1. The second-order valence-electron chi connectivity index (χ2n) is 9.08. The molecular formula is C26H33NO6. The van der Waals surface area contributed by atoms with Crippen molar-refractivity contribution in [3.63, 3.8) is 0 Å². The molecule has 1 aliphatic carbocycles. The van der Waals surface area contributed by atoms with Gasteiger partial charge in [-0.3, -0.25) is 0 Å². The normalized spacial score (nSPS) is 15.9. The predicted molar refractivity (Wildman–Crippen MR) is 125 cm³/mol. The van der Waals surface area contributed by atoms with Gasteiger partial charge in [-0.2, -0.15) is 0 Å². The first-order chi connectivity index (χ1) is 15.7. The molecule has 2 aromatic rings. The number of ether oxygens (including phenoxy) is 4. The van der Waals surface area contributed by atoms with E-state index in [0.29, 0.717) is 6.42 Å². The van der Waals surface area contributed by atoms with Crippen LogP contribution in [0.2, 0.25) is 0 Å². The van der Waals surface area contributed by atoms with E-state index >= 15 is 0 Å². The van der Waals surface area contributed by atoms with Crippen LogP contribution in [0.25, 0.3) is 0 Å². The summed E-state index contributed by atoms with van der Waals surface area (Å²) < 4.78 is 21.6. The molecule has 0 bridgehead atoms. The van der Waals surface area contributed by atoms with Crippen LogP contribution < -0.4 is 14.8 Å². The smallest absolute Gasteiger partial charge is 0.408 e. The van der Waals surface area contributed by atoms with Crippen LogP contribution in [0.15, 0.2) is 36.4 Å². The zero-order chi connectivity index (χ0) is 24.2. The molecule has 0 radical (unpaired) electrons. The zero-order valence-corrected chi connectivity index (χ0v) is 20.2.